The van der Waals surface area contributed by atoms with Crippen LogP contribution in [-0.4, -0.2) is 59.3 Å². The van der Waals surface area contributed by atoms with Crippen LogP contribution in [0.3, 0.4) is 0 Å². The standard InChI is InChI=1S/C16H19N5O4/c1-24-16-3-2-13(9-17-19-4-6-25-7-5-19)8-14(16)11-20-12-15(10-18-20)21(22)23/h2-3,8-10,12H,4-7,11H2,1H3/b17-9-. The molecule has 0 unspecified atom stereocenters. The van der Waals surface area contributed by atoms with Crippen molar-refractivity contribution in [1.82, 2.24) is 14.8 Å². The number of nitro groups is 1. The predicted octanol–water partition coefficient (Wildman–Crippen LogP) is 1.51. The smallest absolute Gasteiger partial charge is 0.307 e. The fraction of sp³-hybridized carbons (Fsp3) is 0.375. The molecular weight excluding hydrogens is 326 g/mol. The number of benzene rings is 1. The number of aromatic nitrogens is 2. The van der Waals surface area contributed by atoms with Gasteiger partial charge >= 0.3 is 5.69 Å². The summed E-state index contributed by atoms with van der Waals surface area (Å²) in [6, 6.07) is 5.71. The molecule has 1 aromatic heterocycles. The van der Waals surface area contributed by atoms with Crippen LogP contribution in [0.15, 0.2) is 35.7 Å². The summed E-state index contributed by atoms with van der Waals surface area (Å²) >= 11 is 0. The number of hydrogen-bond acceptors (Lipinski definition) is 7. The Bertz CT molecular complexity index is 768. The predicted molar refractivity (Wildman–Crippen MR) is 91.0 cm³/mol. The summed E-state index contributed by atoms with van der Waals surface area (Å²) in [6.45, 7) is 3.29. The second-order valence-corrected chi connectivity index (χ2v) is 5.54. The van der Waals surface area contributed by atoms with E-state index in [9.17, 15) is 10.1 Å². The summed E-state index contributed by atoms with van der Waals surface area (Å²) in [5.74, 6) is 0.696. The van der Waals surface area contributed by atoms with Gasteiger partial charge in [-0.15, -0.1) is 0 Å². The molecular formula is C16H19N5O4. The van der Waals surface area contributed by atoms with Gasteiger partial charge < -0.3 is 9.47 Å². The van der Waals surface area contributed by atoms with E-state index >= 15 is 0 Å². The maximum Gasteiger partial charge on any atom is 0.307 e. The highest BCUT2D eigenvalue weighted by atomic mass is 16.6. The SMILES string of the molecule is COc1ccc(/C=N\N2CCOCC2)cc1Cn1cc([N+](=O)[O-])cn1. The Morgan fingerprint density at radius 2 is 2.24 bits per heavy atom. The summed E-state index contributed by atoms with van der Waals surface area (Å²) in [7, 11) is 1.59. The molecule has 1 saturated heterocycles. The Kier molecular flexibility index (Phi) is 5.24. The van der Waals surface area contributed by atoms with Gasteiger partial charge in [0.25, 0.3) is 0 Å². The molecule has 1 aromatic carbocycles. The molecule has 2 aromatic rings. The average molecular weight is 345 g/mol. The van der Waals surface area contributed by atoms with E-state index in [1.54, 1.807) is 13.3 Å². The minimum atomic E-state index is -0.466. The molecule has 0 radical (unpaired) electrons. The lowest BCUT2D eigenvalue weighted by molar-refractivity contribution is -0.385. The van der Waals surface area contributed by atoms with Crippen molar-refractivity contribution in [3.05, 3.63) is 51.8 Å². The first-order valence-electron chi connectivity index (χ1n) is 7.86. The Morgan fingerprint density at radius 3 is 2.92 bits per heavy atom. The van der Waals surface area contributed by atoms with Gasteiger partial charge in [-0.25, -0.2) is 0 Å². The molecule has 0 N–H and O–H groups in total. The lowest BCUT2D eigenvalue weighted by Gasteiger charge is -2.23. The molecule has 9 nitrogen and oxygen atoms in total. The van der Waals surface area contributed by atoms with Crippen molar-refractivity contribution >= 4 is 11.9 Å². The quantitative estimate of drug-likeness (QED) is 0.447. The monoisotopic (exact) mass is 345 g/mol. The first-order chi connectivity index (χ1) is 12.2. The van der Waals surface area contributed by atoms with Crippen molar-refractivity contribution in [2.75, 3.05) is 33.4 Å². The molecule has 9 heteroatoms. The van der Waals surface area contributed by atoms with Crippen molar-refractivity contribution in [3.8, 4) is 5.75 Å². The number of nitrogens with zero attached hydrogens (tertiary/aromatic N) is 5. The van der Waals surface area contributed by atoms with Crippen molar-refractivity contribution < 1.29 is 14.4 Å². The number of rotatable bonds is 6. The zero-order chi connectivity index (χ0) is 17.6. The molecule has 0 saturated carbocycles. The van der Waals surface area contributed by atoms with Gasteiger partial charge in [0, 0.05) is 5.56 Å². The second-order valence-electron chi connectivity index (χ2n) is 5.54. The first kappa shape index (κ1) is 16.9. The number of hydrazone groups is 1. The van der Waals surface area contributed by atoms with E-state index < -0.39 is 4.92 Å². The second kappa shape index (κ2) is 7.75. The minimum absolute atomic E-state index is 0.0380. The maximum atomic E-state index is 10.8. The van der Waals surface area contributed by atoms with E-state index in [0.29, 0.717) is 25.5 Å². The molecule has 25 heavy (non-hydrogen) atoms. The Hall–Kier alpha value is -2.94. The molecule has 1 aliphatic heterocycles. The van der Waals surface area contributed by atoms with Crippen LogP contribution < -0.4 is 4.74 Å². The number of ether oxygens (including phenoxy) is 2. The van der Waals surface area contributed by atoms with E-state index in [4.69, 9.17) is 9.47 Å². The van der Waals surface area contributed by atoms with Gasteiger partial charge in [-0.05, 0) is 23.8 Å². The Labute approximate surface area is 144 Å². The Balaban J connectivity index is 1.76. The van der Waals surface area contributed by atoms with Gasteiger partial charge in [0.15, 0.2) is 0 Å². The van der Waals surface area contributed by atoms with E-state index in [2.05, 4.69) is 10.2 Å². The highest BCUT2D eigenvalue weighted by Crippen LogP contribution is 2.21. The fourth-order valence-corrected chi connectivity index (χ4v) is 2.53. The summed E-state index contributed by atoms with van der Waals surface area (Å²) in [5, 5.41) is 21.2. The lowest BCUT2D eigenvalue weighted by Crippen LogP contribution is -2.32. The van der Waals surface area contributed by atoms with Gasteiger partial charge in [0.1, 0.15) is 18.1 Å². The van der Waals surface area contributed by atoms with Crippen molar-refractivity contribution in [1.29, 1.82) is 0 Å². The van der Waals surface area contributed by atoms with E-state index in [-0.39, 0.29) is 5.69 Å². The molecule has 1 aliphatic rings. The van der Waals surface area contributed by atoms with Gasteiger partial charge in [0.05, 0.1) is 51.1 Å². The summed E-state index contributed by atoms with van der Waals surface area (Å²) < 4.78 is 12.2. The highest BCUT2D eigenvalue weighted by molar-refractivity contribution is 5.80. The topological polar surface area (TPSA) is 95.0 Å². The third-order valence-electron chi connectivity index (χ3n) is 3.82. The van der Waals surface area contributed by atoms with Crippen LogP contribution in [0.4, 0.5) is 5.69 Å². The third-order valence-corrected chi connectivity index (χ3v) is 3.82. The largest absolute Gasteiger partial charge is 0.496 e. The number of methoxy groups -OCH3 is 1. The molecule has 0 atom stereocenters. The minimum Gasteiger partial charge on any atom is -0.496 e. The van der Waals surface area contributed by atoms with E-state index in [1.165, 1.54) is 17.1 Å². The zero-order valence-corrected chi connectivity index (χ0v) is 13.9. The lowest BCUT2D eigenvalue weighted by atomic mass is 10.1. The van der Waals surface area contributed by atoms with Crippen LogP contribution in [0.2, 0.25) is 0 Å². The number of morpholine rings is 1. The normalized spacial score (nSPS) is 14.8. The summed E-state index contributed by atoms with van der Waals surface area (Å²) in [5.41, 5.74) is 1.75. The van der Waals surface area contributed by atoms with Gasteiger partial charge in [-0.2, -0.15) is 10.2 Å². The summed E-state index contributed by atoms with van der Waals surface area (Å²) in [4.78, 5) is 10.3. The van der Waals surface area contributed by atoms with Gasteiger partial charge in [0.2, 0.25) is 0 Å². The molecule has 0 amide bonds. The molecule has 0 spiro atoms. The fourth-order valence-electron chi connectivity index (χ4n) is 2.53. The molecule has 1 fully saturated rings. The Morgan fingerprint density at radius 1 is 1.44 bits per heavy atom. The summed E-state index contributed by atoms with van der Waals surface area (Å²) in [6.07, 6.45) is 4.42. The third kappa shape index (κ3) is 4.32. The zero-order valence-electron chi connectivity index (χ0n) is 13.9. The molecule has 0 bridgehead atoms. The maximum absolute atomic E-state index is 10.8. The highest BCUT2D eigenvalue weighted by Gasteiger charge is 2.11. The number of hydrogen-bond donors (Lipinski definition) is 0. The van der Waals surface area contributed by atoms with Crippen LogP contribution in [0.1, 0.15) is 11.1 Å². The van der Waals surface area contributed by atoms with Crippen LogP contribution >= 0.6 is 0 Å². The van der Waals surface area contributed by atoms with Crippen LogP contribution in [0, 0.1) is 10.1 Å². The molecule has 0 aliphatic carbocycles. The van der Waals surface area contributed by atoms with Crippen molar-refractivity contribution in [2.24, 2.45) is 5.10 Å². The van der Waals surface area contributed by atoms with Crippen LogP contribution in [0.25, 0.3) is 0 Å². The van der Waals surface area contributed by atoms with E-state index in [1.807, 2.05) is 23.2 Å². The molecule has 132 valence electrons. The van der Waals surface area contributed by atoms with E-state index in [0.717, 1.165) is 24.2 Å². The van der Waals surface area contributed by atoms with Crippen molar-refractivity contribution in [2.45, 2.75) is 6.54 Å². The molecule has 3 rings (SSSR count). The van der Waals surface area contributed by atoms with Crippen LogP contribution in [0.5, 0.6) is 5.75 Å². The first-order valence-corrected chi connectivity index (χ1v) is 7.86. The van der Waals surface area contributed by atoms with Gasteiger partial charge in [-0.1, -0.05) is 0 Å². The van der Waals surface area contributed by atoms with Crippen LogP contribution in [-0.2, 0) is 11.3 Å². The average Bonchev–Trinajstić information content (AvgIpc) is 3.10. The van der Waals surface area contributed by atoms with Crippen molar-refractivity contribution in [3.63, 3.8) is 0 Å². The van der Waals surface area contributed by atoms with Gasteiger partial charge in [-0.3, -0.25) is 19.8 Å². The molecule has 2 heterocycles.